The maximum absolute atomic E-state index is 11.7. The molecule has 5 nitrogen and oxygen atoms in total. The first-order valence-corrected chi connectivity index (χ1v) is 8.29. The van der Waals surface area contributed by atoms with Crippen LogP contribution in [0.1, 0.15) is 0 Å². The fourth-order valence-electron chi connectivity index (χ4n) is 1.45. The van der Waals surface area contributed by atoms with Crippen LogP contribution < -0.4 is 5.32 Å². The number of nitrogens with one attached hydrogen (secondary N) is 1. The maximum Gasteiger partial charge on any atom is 0.241 e. The van der Waals surface area contributed by atoms with Crippen LogP contribution in [0.25, 0.3) is 10.2 Å². The number of thioether (sulfide) groups is 1. The molecule has 0 radical (unpaired) electrons. The van der Waals surface area contributed by atoms with Gasteiger partial charge in [-0.15, -0.1) is 11.3 Å². The molecule has 21 heavy (non-hydrogen) atoms. The van der Waals surface area contributed by atoms with Crippen LogP contribution in [0.3, 0.4) is 0 Å². The smallest absolute Gasteiger partial charge is 0.241 e. The summed E-state index contributed by atoms with van der Waals surface area (Å²) in [5.41, 5.74) is 0.832. The second-order valence-corrected chi connectivity index (χ2v) is 7.13. The number of rotatable bonds is 5. The first-order chi connectivity index (χ1) is 9.95. The highest BCUT2D eigenvalue weighted by Gasteiger charge is 2.10. The van der Waals surface area contributed by atoms with Gasteiger partial charge in [-0.05, 0) is 18.2 Å². The highest BCUT2D eigenvalue weighted by molar-refractivity contribution is 8.01. The Kier molecular flexibility index (Phi) is 5.44. The fourth-order valence-corrected chi connectivity index (χ4v) is 3.50. The molecule has 0 aliphatic heterocycles. The van der Waals surface area contributed by atoms with Gasteiger partial charge < -0.3 is 10.2 Å². The van der Waals surface area contributed by atoms with Gasteiger partial charge in [-0.3, -0.25) is 9.59 Å². The minimum absolute atomic E-state index is 0.0157. The van der Waals surface area contributed by atoms with E-state index >= 15 is 0 Å². The normalized spacial score (nSPS) is 10.6. The molecule has 0 spiro atoms. The van der Waals surface area contributed by atoms with Crippen molar-refractivity contribution in [3.63, 3.8) is 0 Å². The summed E-state index contributed by atoms with van der Waals surface area (Å²) in [7, 11) is 3.30. The zero-order valence-corrected chi connectivity index (χ0v) is 13.9. The molecule has 0 saturated heterocycles. The quantitative estimate of drug-likeness (QED) is 0.846. The number of aromatic nitrogens is 1. The fraction of sp³-hybridized carbons (Fsp3) is 0.308. The van der Waals surface area contributed by atoms with Crippen molar-refractivity contribution in [1.29, 1.82) is 0 Å². The molecule has 1 aromatic carbocycles. The summed E-state index contributed by atoms with van der Waals surface area (Å²) in [6, 6.07) is 5.53. The average molecular weight is 344 g/mol. The molecule has 0 aliphatic rings. The number of likely N-dealkylation sites (N-methyl/N-ethyl adjacent to an activating group) is 1. The van der Waals surface area contributed by atoms with Crippen molar-refractivity contribution in [2.75, 3.05) is 26.4 Å². The van der Waals surface area contributed by atoms with Crippen molar-refractivity contribution in [3.05, 3.63) is 23.2 Å². The topological polar surface area (TPSA) is 62.3 Å². The highest BCUT2D eigenvalue weighted by Crippen LogP contribution is 2.30. The van der Waals surface area contributed by atoms with Gasteiger partial charge in [0.1, 0.15) is 0 Å². The van der Waals surface area contributed by atoms with E-state index in [1.54, 1.807) is 20.2 Å². The average Bonchev–Trinajstić information content (AvgIpc) is 2.84. The van der Waals surface area contributed by atoms with E-state index in [4.69, 9.17) is 11.6 Å². The Labute approximate surface area is 135 Å². The first kappa shape index (κ1) is 16.1. The van der Waals surface area contributed by atoms with E-state index in [9.17, 15) is 9.59 Å². The van der Waals surface area contributed by atoms with Gasteiger partial charge in [0.05, 0.1) is 22.5 Å². The molecule has 0 atom stereocenters. The summed E-state index contributed by atoms with van der Waals surface area (Å²) in [6.45, 7) is 0.0157. The minimum atomic E-state index is -0.188. The zero-order valence-electron chi connectivity index (χ0n) is 11.6. The third kappa shape index (κ3) is 4.59. The lowest BCUT2D eigenvalue weighted by Crippen LogP contribution is -2.36. The molecular formula is C13H14ClN3O2S2. The van der Waals surface area contributed by atoms with E-state index in [1.807, 2.05) is 12.1 Å². The molecule has 1 N–H and O–H groups in total. The van der Waals surface area contributed by atoms with Crippen LogP contribution in [-0.2, 0) is 9.59 Å². The SMILES string of the molecule is CN(C)C(=O)CNC(=O)CSc1nc2cc(Cl)ccc2s1. The molecule has 0 aliphatic carbocycles. The van der Waals surface area contributed by atoms with Crippen molar-refractivity contribution in [2.45, 2.75) is 4.34 Å². The molecule has 1 aromatic heterocycles. The van der Waals surface area contributed by atoms with Gasteiger partial charge in [-0.1, -0.05) is 23.4 Å². The van der Waals surface area contributed by atoms with E-state index in [1.165, 1.54) is 28.0 Å². The molecule has 8 heteroatoms. The van der Waals surface area contributed by atoms with Gasteiger partial charge in [0, 0.05) is 19.1 Å². The monoisotopic (exact) mass is 343 g/mol. The van der Waals surface area contributed by atoms with E-state index in [-0.39, 0.29) is 24.1 Å². The van der Waals surface area contributed by atoms with E-state index < -0.39 is 0 Å². The van der Waals surface area contributed by atoms with Gasteiger partial charge in [0.25, 0.3) is 0 Å². The Morgan fingerprint density at radius 2 is 2.19 bits per heavy atom. The Balaban J connectivity index is 1.86. The summed E-state index contributed by atoms with van der Waals surface area (Å²) in [5.74, 6) is -0.0932. The molecule has 2 amide bonds. The Morgan fingerprint density at radius 3 is 2.90 bits per heavy atom. The summed E-state index contributed by atoms with van der Waals surface area (Å²) in [4.78, 5) is 28.9. The number of carbonyl (C=O) groups is 2. The maximum atomic E-state index is 11.7. The molecule has 0 bridgehead atoms. The third-order valence-corrected chi connectivity index (χ3v) is 5.01. The molecule has 0 unspecified atom stereocenters. The van der Waals surface area contributed by atoms with Gasteiger partial charge >= 0.3 is 0 Å². The number of nitrogens with zero attached hydrogens (tertiary/aromatic N) is 2. The van der Waals surface area contributed by atoms with Crippen molar-refractivity contribution < 1.29 is 9.59 Å². The number of hydrogen-bond donors (Lipinski definition) is 1. The minimum Gasteiger partial charge on any atom is -0.347 e. The van der Waals surface area contributed by atoms with Crippen LogP contribution in [0, 0.1) is 0 Å². The summed E-state index contributed by atoms with van der Waals surface area (Å²) in [5, 5.41) is 3.22. The predicted octanol–water partition coefficient (Wildman–Crippen LogP) is 2.25. The van der Waals surface area contributed by atoms with Crippen LogP contribution in [0.4, 0.5) is 0 Å². The molecule has 112 valence electrons. The van der Waals surface area contributed by atoms with Gasteiger partial charge in [-0.2, -0.15) is 0 Å². The highest BCUT2D eigenvalue weighted by atomic mass is 35.5. The van der Waals surface area contributed by atoms with Crippen molar-refractivity contribution in [2.24, 2.45) is 0 Å². The summed E-state index contributed by atoms with van der Waals surface area (Å²) in [6.07, 6.45) is 0. The number of thiazole rings is 1. The summed E-state index contributed by atoms with van der Waals surface area (Å²) < 4.78 is 1.84. The lowest BCUT2D eigenvalue weighted by atomic mass is 10.3. The van der Waals surface area contributed by atoms with Crippen molar-refractivity contribution in [3.8, 4) is 0 Å². The van der Waals surface area contributed by atoms with Gasteiger partial charge in [-0.25, -0.2) is 4.98 Å². The number of amides is 2. The zero-order chi connectivity index (χ0) is 15.4. The third-order valence-electron chi connectivity index (χ3n) is 2.59. The van der Waals surface area contributed by atoms with E-state index in [0.717, 1.165) is 14.6 Å². The number of fused-ring (bicyclic) bond motifs is 1. The Morgan fingerprint density at radius 1 is 1.43 bits per heavy atom. The molecule has 2 aromatic rings. The number of hydrogen-bond acceptors (Lipinski definition) is 5. The van der Waals surface area contributed by atoms with Crippen LogP contribution in [0.2, 0.25) is 5.02 Å². The largest absolute Gasteiger partial charge is 0.347 e. The number of carbonyl (C=O) groups excluding carboxylic acids is 2. The molecule has 2 rings (SSSR count). The van der Waals surface area contributed by atoms with Crippen molar-refractivity contribution >= 4 is 56.7 Å². The standard InChI is InChI=1S/C13H14ClN3O2S2/c1-17(2)12(19)6-15-11(18)7-20-13-16-9-5-8(14)3-4-10(9)21-13/h3-5H,6-7H2,1-2H3,(H,15,18). The Hall–Kier alpha value is -1.31. The van der Waals surface area contributed by atoms with Crippen LogP contribution in [0.15, 0.2) is 22.5 Å². The van der Waals surface area contributed by atoms with Crippen LogP contribution in [0.5, 0.6) is 0 Å². The second-order valence-electron chi connectivity index (χ2n) is 4.45. The number of benzene rings is 1. The second kappa shape index (κ2) is 7.11. The summed E-state index contributed by atoms with van der Waals surface area (Å²) >= 11 is 8.77. The van der Waals surface area contributed by atoms with E-state index in [2.05, 4.69) is 10.3 Å². The van der Waals surface area contributed by atoms with E-state index in [0.29, 0.717) is 5.02 Å². The number of halogens is 1. The van der Waals surface area contributed by atoms with Gasteiger partial charge in [0.15, 0.2) is 4.34 Å². The molecule has 1 heterocycles. The lowest BCUT2D eigenvalue weighted by Gasteiger charge is -2.10. The predicted molar refractivity (Wildman–Crippen MR) is 87.1 cm³/mol. The van der Waals surface area contributed by atoms with Gasteiger partial charge in [0.2, 0.25) is 11.8 Å². The molecule has 0 fully saturated rings. The lowest BCUT2D eigenvalue weighted by molar-refractivity contribution is -0.130. The van der Waals surface area contributed by atoms with Crippen LogP contribution in [-0.4, -0.2) is 48.1 Å². The molecule has 0 saturated carbocycles. The Bertz CT molecular complexity index is 672. The molecular weight excluding hydrogens is 330 g/mol. The van der Waals surface area contributed by atoms with Crippen molar-refractivity contribution in [1.82, 2.24) is 15.2 Å². The first-order valence-electron chi connectivity index (χ1n) is 6.11. The van der Waals surface area contributed by atoms with Crippen LogP contribution >= 0.6 is 34.7 Å².